The molecule has 1 aromatic rings. The van der Waals surface area contributed by atoms with E-state index in [1.165, 1.54) is 6.92 Å². The van der Waals surface area contributed by atoms with Crippen LogP contribution in [0.5, 0.6) is 0 Å². The molecule has 0 unspecified atom stereocenters. The summed E-state index contributed by atoms with van der Waals surface area (Å²) in [5.41, 5.74) is 2.55. The monoisotopic (exact) mass is 275 g/mol. The second-order valence-electron chi connectivity index (χ2n) is 5.32. The molecule has 0 spiro atoms. The van der Waals surface area contributed by atoms with Gasteiger partial charge in [-0.2, -0.15) is 0 Å². The zero-order valence-electron chi connectivity index (χ0n) is 12.2. The Morgan fingerprint density at radius 1 is 1.30 bits per heavy atom. The van der Waals surface area contributed by atoms with Crippen LogP contribution in [0.15, 0.2) is 18.2 Å². The molecule has 2 rings (SSSR count). The molecule has 0 aliphatic heterocycles. The highest BCUT2D eigenvalue weighted by Gasteiger charge is 2.29. The highest BCUT2D eigenvalue weighted by molar-refractivity contribution is 5.93. The lowest BCUT2D eigenvalue weighted by molar-refractivity contribution is -0.128. The number of rotatable bonds is 5. The Morgan fingerprint density at radius 3 is 2.60 bits per heavy atom. The SMILES string of the molecule is CC(=O)Nc1ccc(C)cc1NCC(=O)N(C)C1CC1. The Balaban J connectivity index is 2.01. The van der Waals surface area contributed by atoms with Crippen LogP contribution in [0.1, 0.15) is 25.3 Å². The standard InChI is InChI=1S/C15H21N3O2/c1-10-4-7-13(17-11(2)19)14(8-10)16-9-15(20)18(3)12-5-6-12/h4,7-8,12,16H,5-6,9H2,1-3H3,(H,17,19). The molecule has 108 valence electrons. The summed E-state index contributed by atoms with van der Waals surface area (Å²) in [4.78, 5) is 25.0. The predicted octanol–water partition coefficient (Wildman–Crippen LogP) is 1.99. The molecule has 0 bridgehead atoms. The van der Waals surface area contributed by atoms with Crippen LogP contribution in [0.4, 0.5) is 11.4 Å². The van der Waals surface area contributed by atoms with E-state index in [1.807, 2.05) is 32.2 Å². The first-order valence-corrected chi connectivity index (χ1v) is 6.85. The first kappa shape index (κ1) is 14.4. The number of hydrogen-bond donors (Lipinski definition) is 2. The fourth-order valence-corrected chi connectivity index (χ4v) is 2.06. The molecule has 20 heavy (non-hydrogen) atoms. The lowest BCUT2D eigenvalue weighted by Crippen LogP contribution is -2.33. The molecule has 1 saturated carbocycles. The number of aryl methyl sites for hydroxylation is 1. The van der Waals surface area contributed by atoms with Gasteiger partial charge in [0.2, 0.25) is 11.8 Å². The minimum Gasteiger partial charge on any atom is -0.374 e. The molecule has 2 N–H and O–H groups in total. The van der Waals surface area contributed by atoms with E-state index >= 15 is 0 Å². The molecule has 5 heteroatoms. The van der Waals surface area contributed by atoms with Crippen molar-refractivity contribution in [2.75, 3.05) is 24.2 Å². The Bertz CT molecular complexity index is 524. The van der Waals surface area contributed by atoms with Crippen LogP contribution in [0.25, 0.3) is 0 Å². The van der Waals surface area contributed by atoms with Crippen molar-refractivity contribution in [1.82, 2.24) is 4.90 Å². The average Bonchev–Trinajstić information content (AvgIpc) is 3.21. The van der Waals surface area contributed by atoms with Gasteiger partial charge in [-0.3, -0.25) is 9.59 Å². The molecule has 1 fully saturated rings. The van der Waals surface area contributed by atoms with Crippen molar-refractivity contribution in [2.45, 2.75) is 32.7 Å². The molecule has 0 aromatic heterocycles. The maximum Gasteiger partial charge on any atom is 0.241 e. The van der Waals surface area contributed by atoms with Crippen LogP contribution in [0.3, 0.4) is 0 Å². The Morgan fingerprint density at radius 2 is 2.00 bits per heavy atom. The number of nitrogens with one attached hydrogen (secondary N) is 2. The number of hydrogen-bond acceptors (Lipinski definition) is 3. The van der Waals surface area contributed by atoms with E-state index in [0.29, 0.717) is 11.7 Å². The van der Waals surface area contributed by atoms with Gasteiger partial charge in [-0.05, 0) is 37.5 Å². The first-order chi connectivity index (χ1) is 9.47. The maximum atomic E-state index is 12.0. The zero-order chi connectivity index (χ0) is 14.7. The topological polar surface area (TPSA) is 61.4 Å². The summed E-state index contributed by atoms with van der Waals surface area (Å²) >= 11 is 0. The van der Waals surface area contributed by atoms with Gasteiger partial charge in [0, 0.05) is 20.0 Å². The number of nitrogens with zero attached hydrogens (tertiary/aromatic N) is 1. The smallest absolute Gasteiger partial charge is 0.241 e. The second kappa shape index (κ2) is 5.94. The molecule has 1 aromatic carbocycles. The van der Waals surface area contributed by atoms with E-state index in [0.717, 1.165) is 24.1 Å². The third-order valence-corrected chi connectivity index (χ3v) is 3.40. The molecule has 0 radical (unpaired) electrons. The predicted molar refractivity (Wildman–Crippen MR) is 79.8 cm³/mol. The van der Waals surface area contributed by atoms with Crippen molar-refractivity contribution in [3.05, 3.63) is 23.8 Å². The summed E-state index contributed by atoms with van der Waals surface area (Å²) in [6, 6.07) is 6.11. The fourth-order valence-electron chi connectivity index (χ4n) is 2.06. The highest BCUT2D eigenvalue weighted by atomic mass is 16.2. The van der Waals surface area contributed by atoms with Gasteiger partial charge in [0.15, 0.2) is 0 Å². The normalized spacial score (nSPS) is 13.8. The molecule has 0 heterocycles. The molecular weight excluding hydrogens is 254 g/mol. The van der Waals surface area contributed by atoms with E-state index in [2.05, 4.69) is 10.6 Å². The first-order valence-electron chi connectivity index (χ1n) is 6.85. The summed E-state index contributed by atoms with van der Waals surface area (Å²) in [6.07, 6.45) is 2.20. The van der Waals surface area contributed by atoms with Crippen molar-refractivity contribution >= 4 is 23.2 Å². The van der Waals surface area contributed by atoms with Gasteiger partial charge in [-0.25, -0.2) is 0 Å². The van der Waals surface area contributed by atoms with Gasteiger partial charge >= 0.3 is 0 Å². The van der Waals surface area contributed by atoms with E-state index in [4.69, 9.17) is 0 Å². The third kappa shape index (κ3) is 3.73. The van der Waals surface area contributed by atoms with E-state index in [-0.39, 0.29) is 18.4 Å². The van der Waals surface area contributed by atoms with Gasteiger partial charge in [0.05, 0.1) is 17.9 Å². The van der Waals surface area contributed by atoms with Crippen LogP contribution in [-0.2, 0) is 9.59 Å². The summed E-state index contributed by atoms with van der Waals surface area (Å²) in [7, 11) is 1.84. The number of carbonyl (C=O) groups excluding carboxylic acids is 2. The van der Waals surface area contributed by atoms with Gasteiger partial charge in [-0.15, -0.1) is 0 Å². The van der Waals surface area contributed by atoms with Crippen molar-refractivity contribution in [2.24, 2.45) is 0 Å². The lowest BCUT2D eigenvalue weighted by Gasteiger charge is -2.18. The Kier molecular flexibility index (Phi) is 4.27. The molecule has 1 aliphatic carbocycles. The Labute approximate surface area is 119 Å². The van der Waals surface area contributed by atoms with E-state index in [1.54, 1.807) is 4.90 Å². The number of anilines is 2. The molecular formula is C15H21N3O2. The number of carbonyl (C=O) groups is 2. The van der Waals surface area contributed by atoms with E-state index < -0.39 is 0 Å². The van der Waals surface area contributed by atoms with Gasteiger partial charge in [0.1, 0.15) is 0 Å². The fraction of sp³-hybridized carbons (Fsp3) is 0.467. The third-order valence-electron chi connectivity index (χ3n) is 3.40. The zero-order valence-corrected chi connectivity index (χ0v) is 12.2. The quantitative estimate of drug-likeness (QED) is 0.864. The van der Waals surface area contributed by atoms with Crippen LogP contribution in [-0.4, -0.2) is 36.3 Å². The summed E-state index contributed by atoms with van der Waals surface area (Å²) < 4.78 is 0. The molecule has 1 aliphatic rings. The summed E-state index contributed by atoms with van der Waals surface area (Å²) in [6.45, 7) is 3.68. The van der Waals surface area contributed by atoms with Crippen molar-refractivity contribution < 1.29 is 9.59 Å². The van der Waals surface area contributed by atoms with Crippen LogP contribution in [0.2, 0.25) is 0 Å². The molecule has 5 nitrogen and oxygen atoms in total. The van der Waals surface area contributed by atoms with Gasteiger partial charge in [-0.1, -0.05) is 6.07 Å². The molecule has 2 amide bonds. The summed E-state index contributed by atoms with van der Waals surface area (Å²) in [5, 5.41) is 5.88. The molecule has 0 saturated heterocycles. The van der Waals surface area contributed by atoms with Crippen LogP contribution >= 0.6 is 0 Å². The Hall–Kier alpha value is -2.04. The van der Waals surface area contributed by atoms with E-state index in [9.17, 15) is 9.59 Å². The second-order valence-corrected chi connectivity index (χ2v) is 5.32. The number of benzene rings is 1. The lowest BCUT2D eigenvalue weighted by atomic mass is 10.2. The minimum absolute atomic E-state index is 0.0720. The van der Waals surface area contributed by atoms with Crippen molar-refractivity contribution in [3.63, 3.8) is 0 Å². The molecule has 0 atom stereocenters. The minimum atomic E-state index is -0.127. The van der Waals surface area contributed by atoms with Gasteiger partial charge < -0.3 is 15.5 Å². The summed E-state index contributed by atoms with van der Waals surface area (Å²) in [5.74, 6) is -0.0545. The largest absolute Gasteiger partial charge is 0.374 e. The number of likely N-dealkylation sites (N-methyl/N-ethyl adjacent to an activating group) is 1. The van der Waals surface area contributed by atoms with Crippen LogP contribution in [0, 0.1) is 6.92 Å². The van der Waals surface area contributed by atoms with Gasteiger partial charge in [0.25, 0.3) is 0 Å². The van der Waals surface area contributed by atoms with Crippen molar-refractivity contribution in [1.29, 1.82) is 0 Å². The van der Waals surface area contributed by atoms with Crippen LogP contribution < -0.4 is 10.6 Å². The van der Waals surface area contributed by atoms with Crippen molar-refractivity contribution in [3.8, 4) is 0 Å². The number of amides is 2. The average molecular weight is 275 g/mol. The highest BCUT2D eigenvalue weighted by Crippen LogP contribution is 2.26. The maximum absolute atomic E-state index is 12.0.